The van der Waals surface area contributed by atoms with E-state index in [1.807, 2.05) is 48.0 Å². The lowest BCUT2D eigenvalue weighted by Gasteiger charge is -2.06. The van der Waals surface area contributed by atoms with Crippen LogP contribution >= 0.6 is 0 Å². The molecule has 0 aliphatic heterocycles. The van der Waals surface area contributed by atoms with E-state index in [1.54, 1.807) is 13.1 Å². The SMILES string of the molecule is CC(=O)c1[nH]n(-c2ccc(C)cc2)c2c1ccc1nncc12. The number of aryl methyl sites for hydroxylation is 1. The summed E-state index contributed by atoms with van der Waals surface area (Å²) in [6.07, 6.45) is 1.74. The number of hydrogen-bond donors (Lipinski definition) is 1. The number of carbonyl (C=O) groups is 1. The van der Waals surface area contributed by atoms with Gasteiger partial charge >= 0.3 is 0 Å². The number of fused-ring (bicyclic) bond motifs is 3. The van der Waals surface area contributed by atoms with Crippen molar-refractivity contribution in [2.75, 3.05) is 0 Å². The molecule has 0 amide bonds. The first kappa shape index (κ1) is 12.8. The predicted octanol–water partition coefficient (Wildman–Crippen LogP) is 3.41. The van der Waals surface area contributed by atoms with Crippen molar-refractivity contribution in [3.63, 3.8) is 0 Å². The lowest BCUT2D eigenvalue weighted by molar-refractivity contribution is 0.101. The van der Waals surface area contributed by atoms with Gasteiger partial charge in [0.2, 0.25) is 0 Å². The quantitative estimate of drug-likeness (QED) is 0.575. The highest BCUT2D eigenvalue weighted by molar-refractivity contribution is 6.12. The molecule has 0 saturated heterocycles. The van der Waals surface area contributed by atoms with Gasteiger partial charge in [0.1, 0.15) is 5.69 Å². The summed E-state index contributed by atoms with van der Waals surface area (Å²) in [4.78, 5) is 12.0. The minimum absolute atomic E-state index is 0.00249. The molecule has 0 aliphatic rings. The summed E-state index contributed by atoms with van der Waals surface area (Å²) in [5, 5.41) is 13.1. The largest absolute Gasteiger partial charge is 0.293 e. The Bertz CT molecular complexity index is 1010. The number of Topliss-reactive ketones (excluding diaryl/α,β-unsaturated/α-hetero) is 1. The fraction of sp³-hybridized carbons (Fsp3) is 0.118. The van der Waals surface area contributed by atoms with Crippen molar-refractivity contribution in [3.8, 4) is 5.69 Å². The molecule has 0 saturated carbocycles. The Morgan fingerprint density at radius 3 is 2.59 bits per heavy atom. The first-order chi connectivity index (χ1) is 10.6. The van der Waals surface area contributed by atoms with Gasteiger partial charge in [-0.05, 0) is 31.2 Å². The smallest absolute Gasteiger partial charge is 0.178 e. The number of ketones is 1. The van der Waals surface area contributed by atoms with Gasteiger partial charge in [-0.15, -0.1) is 0 Å². The van der Waals surface area contributed by atoms with E-state index in [0.29, 0.717) is 5.69 Å². The van der Waals surface area contributed by atoms with Crippen LogP contribution in [0.4, 0.5) is 0 Å². The van der Waals surface area contributed by atoms with E-state index in [4.69, 9.17) is 0 Å². The maximum atomic E-state index is 12.0. The van der Waals surface area contributed by atoms with Crippen LogP contribution in [0.1, 0.15) is 23.0 Å². The highest BCUT2D eigenvalue weighted by atomic mass is 16.1. The van der Waals surface area contributed by atoms with Crippen molar-refractivity contribution in [1.29, 1.82) is 0 Å². The van der Waals surface area contributed by atoms with Gasteiger partial charge in [-0.3, -0.25) is 14.6 Å². The van der Waals surface area contributed by atoms with Crippen LogP contribution in [0.5, 0.6) is 0 Å². The molecule has 0 atom stereocenters. The van der Waals surface area contributed by atoms with Crippen molar-refractivity contribution in [2.45, 2.75) is 13.8 Å². The molecule has 5 heteroatoms. The summed E-state index contributed by atoms with van der Waals surface area (Å²) in [6, 6.07) is 12.0. The molecule has 108 valence electrons. The molecule has 2 aromatic heterocycles. The lowest BCUT2D eigenvalue weighted by atomic mass is 10.1. The number of nitrogens with zero attached hydrogens (tertiary/aromatic N) is 3. The molecule has 5 nitrogen and oxygen atoms in total. The molecule has 2 aromatic carbocycles. The molecule has 4 rings (SSSR count). The number of nitrogens with one attached hydrogen (secondary N) is 1. The standard InChI is InChI=1S/C17H14N4O/c1-10-3-5-12(6-4-10)21-17-13(16(20-21)11(2)22)7-8-15-14(17)9-18-19-15/h3-9,20H,1-2H3. The fourth-order valence-electron chi connectivity index (χ4n) is 2.79. The van der Waals surface area contributed by atoms with Crippen LogP contribution < -0.4 is 0 Å². The monoisotopic (exact) mass is 290 g/mol. The lowest BCUT2D eigenvalue weighted by Crippen LogP contribution is -1.99. The average Bonchev–Trinajstić information content (AvgIpc) is 3.11. The molecule has 0 unspecified atom stereocenters. The van der Waals surface area contributed by atoms with Crippen LogP contribution in [0, 0.1) is 6.92 Å². The van der Waals surface area contributed by atoms with Crippen molar-refractivity contribution in [2.24, 2.45) is 0 Å². The van der Waals surface area contributed by atoms with Crippen LogP contribution in [0.25, 0.3) is 27.5 Å². The third-order valence-corrected chi connectivity index (χ3v) is 3.91. The van der Waals surface area contributed by atoms with Gasteiger partial charge < -0.3 is 0 Å². The van der Waals surface area contributed by atoms with E-state index >= 15 is 0 Å². The minimum Gasteiger partial charge on any atom is -0.293 e. The normalized spacial score (nSPS) is 11.4. The second-order valence-corrected chi connectivity index (χ2v) is 5.45. The van der Waals surface area contributed by atoms with Crippen molar-refractivity contribution in [1.82, 2.24) is 20.0 Å². The molecule has 0 spiro atoms. The topological polar surface area (TPSA) is 63.6 Å². The van der Waals surface area contributed by atoms with Crippen molar-refractivity contribution < 1.29 is 4.79 Å². The second-order valence-electron chi connectivity index (χ2n) is 5.45. The summed E-state index contributed by atoms with van der Waals surface area (Å²) in [7, 11) is 0. The Balaban J connectivity index is 2.14. The van der Waals surface area contributed by atoms with E-state index in [1.165, 1.54) is 5.56 Å². The van der Waals surface area contributed by atoms with E-state index < -0.39 is 0 Å². The summed E-state index contributed by atoms with van der Waals surface area (Å²) in [5.74, 6) is 0.00249. The van der Waals surface area contributed by atoms with Gasteiger partial charge in [0.05, 0.1) is 22.9 Å². The molecule has 0 aliphatic carbocycles. The van der Waals surface area contributed by atoms with Gasteiger partial charge in [0, 0.05) is 17.7 Å². The van der Waals surface area contributed by atoms with Gasteiger partial charge in [-0.25, -0.2) is 0 Å². The highest BCUT2D eigenvalue weighted by Gasteiger charge is 2.16. The molecule has 0 fully saturated rings. The van der Waals surface area contributed by atoms with Crippen molar-refractivity contribution in [3.05, 3.63) is 53.9 Å². The summed E-state index contributed by atoms with van der Waals surface area (Å²) >= 11 is 0. The van der Waals surface area contributed by atoms with Gasteiger partial charge in [0.25, 0.3) is 0 Å². The number of rotatable bonds is 2. The Kier molecular flexibility index (Phi) is 2.63. The molecule has 0 radical (unpaired) electrons. The number of aromatic amines is 1. The molecule has 22 heavy (non-hydrogen) atoms. The highest BCUT2D eigenvalue weighted by Crippen LogP contribution is 2.29. The van der Waals surface area contributed by atoms with Gasteiger partial charge in [0.15, 0.2) is 5.78 Å². The summed E-state index contributed by atoms with van der Waals surface area (Å²) in [6.45, 7) is 3.61. The molecule has 1 N–H and O–H groups in total. The Hall–Kier alpha value is -2.95. The Morgan fingerprint density at radius 2 is 1.86 bits per heavy atom. The van der Waals surface area contributed by atoms with Crippen LogP contribution in [-0.2, 0) is 0 Å². The third-order valence-electron chi connectivity index (χ3n) is 3.91. The number of hydrogen-bond acceptors (Lipinski definition) is 3. The van der Waals surface area contributed by atoms with Crippen LogP contribution in [0.2, 0.25) is 0 Å². The number of H-pyrrole nitrogens is 1. The zero-order chi connectivity index (χ0) is 15.3. The van der Waals surface area contributed by atoms with E-state index in [9.17, 15) is 4.79 Å². The summed E-state index contributed by atoms with van der Waals surface area (Å²) < 4.78 is 1.93. The second kappa shape index (κ2) is 4.53. The first-order valence-electron chi connectivity index (χ1n) is 7.08. The summed E-state index contributed by atoms with van der Waals surface area (Å²) in [5.41, 5.74) is 4.50. The Morgan fingerprint density at radius 1 is 1.09 bits per heavy atom. The fourth-order valence-corrected chi connectivity index (χ4v) is 2.79. The van der Waals surface area contributed by atoms with Crippen LogP contribution in [0.15, 0.2) is 42.6 Å². The van der Waals surface area contributed by atoms with Gasteiger partial charge in [-0.1, -0.05) is 17.7 Å². The predicted molar refractivity (Wildman–Crippen MR) is 85.5 cm³/mol. The van der Waals surface area contributed by atoms with E-state index in [2.05, 4.69) is 15.3 Å². The maximum Gasteiger partial charge on any atom is 0.178 e. The van der Waals surface area contributed by atoms with Crippen LogP contribution in [0.3, 0.4) is 0 Å². The third kappa shape index (κ3) is 1.75. The zero-order valence-electron chi connectivity index (χ0n) is 12.3. The zero-order valence-corrected chi connectivity index (χ0v) is 12.3. The average molecular weight is 290 g/mol. The van der Waals surface area contributed by atoms with Crippen LogP contribution in [-0.4, -0.2) is 25.8 Å². The van der Waals surface area contributed by atoms with E-state index in [0.717, 1.165) is 27.5 Å². The van der Waals surface area contributed by atoms with E-state index in [-0.39, 0.29) is 5.78 Å². The van der Waals surface area contributed by atoms with Crippen molar-refractivity contribution >= 4 is 27.6 Å². The number of aromatic nitrogens is 4. The molecule has 2 heterocycles. The van der Waals surface area contributed by atoms with Gasteiger partial charge in [-0.2, -0.15) is 10.2 Å². The number of carbonyl (C=O) groups excluding carboxylic acids is 1. The number of benzene rings is 2. The minimum atomic E-state index is 0.00249. The first-order valence-corrected chi connectivity index (χ1v) is 7.08. The maximum absolute atomic E-state index is 12.0. The molecule has 4 aromatic rings. The Labute approximate surface area is 126 Å². The molecular formula is C17H14N4O. The molecular weight excluding hydrogens is 276 g/mol. The molecule has 0 bridgehead atoms.